The van der Waals surface area contributed by atoms with Crippen LogP contribution in [0, 0.1) is 6.92 Å². The number of benzene rings is 3. The fourth-order valence-electron chi connectivity index (χ4n) is 2.56. The lowest BCUT2D eigenvalue weighted by atomic mass is 10.1. The minimum atomic E-state index is -0.499. The molecule has 3 aromatic rings. The summed E-state index contributed by atoms with van der Waals surface area (Å²) in [6.07, 6.45) is 1.38. The van der Waals surface area contributed by atoms with Gasteiger partial charge in [-0.3, -0.25) is 4.79 Å². The standard InChI is InChI=1S/C22H15BrCl2N2O3/c1-13-4-2-3-5-17(13)22(29)30-20-9-6-15(23)10-14(20)12-26-27-21(28)18-8-7-16(24)11-19(18)25/h2-12H,1H3,(H,27,28)/b26-12+. The lowest BCUT2D eigenvalue weighted by molar-refractivity contribution is 0.0733. The summed E-state index contributed by atoms with van der Waals surface area (Å²) in [4.78, 5) is 24.8. The molecule has 0 aliphatic rings. The average molecular weight is 506 g/mol. The third-order valence-corrected chi connectivity index (χ3v) is 5.13. The molecule has 0 unspecified atom stereocenters. The molecule has 0 saturated heterocycles. The van der Waals surface area contributed by atoms with Crippen molar-refractivity contribution in [1.29, 1.82) is 0 Å². The fraction of sp³-hybridized carbons (Fsp3) is 0.0455. The van der Waals surface area contributed by atoms with E-state index in [1.165, 1.54) is 18.3 Å². The molecule has 0 aliphatic carbocycles. The van der Waals surface area contributed by atoms with Gasteiger partial charge in [0, 0.05) is 15.1 Å². The van der Waals surface area contributed by atoms with Crippen molar-refractivity contribution in [2.24, 2.45) is 5.10 Å². The number of esters is 1. The molecule has 30 heavy (non-hydrogen) atoms. The normalized spacial score (nSPS) is 10.8. The van der Waals surface area contributed by atoms with E-state index in [4.69, 9.17) is 27.9 Å². The Labute approximate surface area is 191 Å². The second kappa shape index (κ2) is 9.89. The largest absolute Gasteiger partial charge is 0.422 e. The predicted molar refractivity (Wildman–Crippen MR) is 122 cm³/mol. The van der Waals surface area contributed by atoms with E-state index < -0.39 is 11.9 Å². The highest BCUT2D eigenvalue weighted by molar-refractivity contribution is 9.10. The molecule has 0 fully saturated rings. The number of rotatable bonds is 5. The first-order valence-corrected chi connectivity index (χ1v) is 10.3. The Balaban J connectivity index is 1.77. The fourth-order valence-corrected chi connectivity index (χ4v) is 3.44. The number of nitrogens with zero attached hydrogens (tertiary/aromatic N) is 1. The van der Waals surface area contributed by atoms with E-state index in [9.17, 15) is 9.59 Å². The molecule has 0 spiro atoms. The third-order valence-electron chi connectivity index (χ3n) is 4.08. The van der Waals surface area contributed by atoms with Gasteiger partial charge in [-0.2, -0.15) is 5.10 Å². The van der Waals surface area contributed by atoms with Gasteiger partial charge in [0.25, 0.3) is 5.91 Å². The van der Waals surface area contributed by atoms with Gasteiger partial charge in [0.05, 0.1) is 22.4 Å². The Morgan fingerprint density at radius 2 is 1.80 bits per heavy atom. The van der Waals surface area contributed by atoms with Crippen LogP contribution in [-0.4, -0.2) is 18.1 Å². The molecule has 0 aliphatic heterocycles. The number of carbonyl (C=O) groups excluding carboxylic acids is 2. The first kappa shape index (κ1) is 22.0. The summed E-state index contributed by atoms with van der Waals surface area (Å²) in [6.45, 7) is 1.83. The van der Waals surface area contributed by atoms with Gasteiger partial charge < -0.3 is 4.74 Å². The number of ether oxygens (including phenoxy) is 1. The zero-order chi connectivity index (χ0) is 21.7. The van der Waals surface area contributed by atoms with Gasteiger partial charge in [-0.1, -0.05) is 57.3 Å². The number of nitrogens with one attached hydrogen (secondary N) is 1. The molecule has 0 heterocycles. The highest BCUT2D eigenvalue weighted by atomic mass is 79.9. The van der Waals surface area contributed by atoms with Gasteiger partial charge in [-0.25, -0.2) is 10.2 Å². The number of amides is 1. The molecular weight excluding hydrogens is 491 g/mol. The number of hydrogen-bond donors (Lipinski definition) is 1. The first-order chi connectivity index (χ1) is 14.3. The van der Waals surface area contributed by atoms with Crippen molar-refractivity contribution in [3.8, 4) is 5.75 Å². The molecule has 1 N–H and O–H groups in total. The van der Waals surface area contributed by atoms with Crippen molar-refractivity contribution < 1.29 is 14.3 Å². The summed E-state index contributed by atoms with van der Waals surface area (Å²) in [5.74, 6) is -0.683. The Morgan fingerprint density at radius 3 is 2.53 bits per heavy atom. The maximum Gasteiger partial charge on any atom is 0.343 e. The Hall–Kier alpha value is -2.67. The summed E-state index contributed by atoms with van der Waals surface area (Å²) < 4.78 is 6.30. The SMILES string of the molecule is Cc1ccccc1C(=O)Oc1ccc(Br)cc1/C=N/NC(=O)c1ccc(Cl)cc1Cl. The molecule has 0 atom stereocenters. The first-order valence-electron chi connectivity index (χ1n) is 8.71. The summed E-state index contributed by atoms with van der Waals surface area (Å²) >= 11 is 15.2. The van der Waals surface area contributed by atoms with E-state index in [1.807, 2.05) is 19.1 Å². The van der Waals surface area contributed by atoms with Crippen molar-refractivity contribution in [3.05, 3.63) is 97.4 Å². The molecular formula is C22H15BrCl2N2O3. The van der Waals surface area contributed by atoms with Crippen LogP contribution in [0.1, 0.15) is 31.8 Å². The quantitative estimate of drug-likeness (QED) is 0.199. The summed E-state index contributed by atoms with van der Waals surface area (Å²) in [7, 11) is 0. The summed E-state index contributed by atoms with van der Waals surface area (Å²) in [6, 6.07) is 16.8. The molecule has 5 nitrogen and oxygen atoms in total. The summed E-state index contributed by atoms with van der Waals surface area (Å²) in [5, 5.41) is 4.59. The van der Waals surface area contributed by atoms with Crippen LogP contribution in [0.2, 0.25) is 10.0 Å². The monoisotopic (exact) mass is 504 g/mol. The van der Waals surface area contributed by atoms with Crippen LogP contribution in [0.25, 0.3) is 0 Å². The molecule has 0 radical (unpaired) electrons. The van der Waals surface area contributed by atoms with Gasteiger partial charge >= 0.3 is 5.97 Å². The maximum atomic E-state index is 12.5. The number of aryl methyl sites for hydroxylation is 1. The van der Waals surface area contributed by atoms with E-state index >= 15 is 0 Å². The van der Waals surface area contributed by atoms with E-state index in [0.29, 0.717) is 21.9 Å². The lowest BCUT2D eigenvalue weighted by Crippen LogP contribution is -2.18. The van der Waals surface area contributed by atoms with Gasteiger partial charge in [0.1, 0.15) is 5.75 Å². The number of halogens is 3. The lowest BCUT2D eigenvalue weighted by Gasteiger charge is -2.09. The minimum Gasteiger partial charge on any atom is -0.422 e. The second-order valence-corrected chi connectivity index (χ2v) is 7.97. The topological polar surface area (TPSA) is 67.8 Å². The number of hydrazone groups is 1. The Kier molecular flexibility index (Phi) is 7.26. The molecule has 8 heteroatoms. The molecule has 152 valence electrons. The maximum absolute atomic E-state index is 12.5. The zero-order valence-electron chi connectivity index (χ0n) is 15.7. The Morgan fingerprint density at radius 1 is 1.03 bits per heavy atom. The highest BCUT2D eigenvalue weighted by Gasteiger charge is 2.14. The van der Waals surface area contributed by atoms with E-state index in [1.54, 1.807) is 36.4 Å². The zero-order valence-corrected chi connectivity index (χ0v) is 18.8. The van der Waals surface area contributed by atoms with Crippen LogP contribution in [0.15, 0.2) is 70.2 Å². The smallest absolute Gasteiger partial charge is 0.343 e. The molecule has 0 aromatic heterocycles. The molecule has 3 rings (SSSR count). The van der Waals surface area contributed by atoms with Gasteiger partial charge in [0.15, 0.2) is 0 Å². The molecule has 3 aromatic carbocycles. The minimum absolute atomic E-state index is 0.213. The Bertz CT molecular complexity index is 1150. The van der Waals surface area contributed by atoms with Crippen molar-refractivity contribution in [2.75, 3.05) is 0 Å². The third kappa shape index (κ3) is 5.48. The van der Waals surface area contributed by atoms with Gasteiger partial charge in [0.2, 0.25) is 0 Å². The van der Waals surface area contributed by atoms with E-state index in [-0.39, 0.29) is 10.6 Å². The van der Waals surface area contributed by atoms with E-state index in [2.05, 4.69) is 26.5 Å². The van der Waals surface area contributed by atoms with Crippen LogP contribution < -0.4 is 10.2 Å². The predicted octanol–water partition coefficient (Wildman–Crippen LogP) is 6.05. The summed E-state index contributed by atoms with van der Waals surface area (Å²) in [5.41, 5.74) is 4.40. The molecule has 1 amide bonds. The van der Waals surface area contributed by atoms with Crippen molar-refractivity contribution in [3.63, 3.8) is 0 Å². The van der Waals surface area contributed by atoms with E-state index in [0.717, 1.165) is 10.0 Å². The van der Waals surface area contributed by atoms with Gasteiger partial charge in [-0.15, -0.1) is 0 Å². The number of carbonyl (C=O) groups is 2. The van der Waals surface area contributed by atoms with Crippen LogP contribution in [0.5, 0.6) is 5.75 Å². The number of hydrogen-bond acceptors (Lipinski definition) is 4. The van der Waals surface area contributed by atoms with Crippen LogP contribution in [0.4, 0.5) is 0 Å². The van der Waals surface area contributed by atoms with Crippen molar-refractivity contribution in [2.45, 2.75) is 6.92 Å². The van der Waals surface area contributed by atoms with Crippen LogP contribution in [-0.2, 0) is 0 Å². The second-order valence-electron chi connectivity index (χ2n) is 6.21. The van der Waals surface area contributed by atoms with Crippen molar-refractivity contribution >= 4 is 57.2 Å². The molecule has 0 bridgehead atoms. The van der Waals surface area contributed by atoms with Crippen LogP contribution in [0.3, 0.4) is 0 Å². The highest BCUT2D eigenvalue weighted by Crippen LogP contribution is 2.24. The van der Waals surface area contributed by atoms with Gasteiger partial charge in [-0.05, 0) is 55.0 Å². The van der Waals surface area contributed by atoms with Crippen molar-refractivity contribution in [1.82, 2.24) is 5.43 Å². The average Bonchev–Trinajstić information content (AvgIpc) is 2.70. The van der Waals surface area contributed by atoms with Crippen LogP contribution >= 0.6 is 39.1 Å². The molecule has 0 saturated carbocycles.